The van der Waals surface area contributed by atoms with Crippen LogP contribution in [0.3, 0.4) is 0 Å². The Morgan fingerprint density at radius 2 is 2.06 bits per heavy atom. The minimum absolute atomic E-state index is 0.0147. The second-order valence-electron chi connectivity index (χ2n) is 4.86. The van der Waals surface area contributed by atoms with Crippen molar-refractivity contribution < 1.29 is 13.2 Å². The Kier molecular flexibility index (Phi) is 6.04. The molecule has 0 aromatic rings. The average Bonchev–Trinajstić information content (AvgIpc) is 2.26. The molecule has 3 N–H and O–H groups in total. The summed E-state index contributed by atoms with van der Waals surface area (Å²) < 4.78 is 24.0. The van der Waals surface area contributed by atoms with E-state index < -0.39 is 10.0 Å². The lowest BCUT2D eigenvalue weighted by molar-refractivity contribution is -0.123. The molecule has 1 aliphatic rings. The maximum absolute atomic E-state index is 11.8. The van der Waals surface area contributed by atoms with Crippen molar-refractivity contribution in [1.29, 1.82) is 0 Å². The Morgan fingerprint density at radius 3 is 2.67 bits per heavy atom. The highest BCUT2D eigenvalue weighted by atomic mass is 32.2. The van der Waals surface area contributed by atoms with E-state index in [1.165, 1.54) is 0 Å². The van der Waals surface area contributed by atoms with Gasteiger partial charge in [-0.2, -0.15) is 0 Å². The van der Waals surface area contributed by atoms with Gasteiger partial charge in [-0.25, -0.2) is 13.1 Å². The van der Waals surface area contributed by atoms with E-state index in [2.05, 4.69) is 22.3 Å². The molecule has 0 saturated carbocycles. The molecule has 106 valence electrons. The predicted molar refractivity (Wildman–Crippen MR) is 70.7 cm³/mol. The van der Waals surface area contributed by atoms with Gasteiger partial charge in [0.25, 0.3) is 0 Å². The van der Waals surface area contributed by atoms with Gasteiger partial charge >= 0.3 is 0 Å². The topological polar surface area (TPSA) is 87.3 Å². The Bertz CT molecular complexity index is 370. The number of carbonyl (C=O) groups is 1. The van der Waals surface area contributed by atoms with Crippen molar-refractivity contribution in [2.24, 2.45) is 0 Å². The van der Waals surface area contributed by atoms with E-state index in [1.54, 1.807) is 0 Å². The summed E-state index contributed by atoms with van der Waals surface area (Å²) in [4.78, 5) is 11.8. The molecule has 0 radical (unpaired) electrons. The lowest BCUT2D eigenvalue weighted by Crippen LogP contribution is -2.50. The Balaban J connectivity index is 2.13. The number of carbonyl (C=O) groups excluding carboxylic acids is 1. The third kappa shape index (κ3) is 6.32. The van der Waals surface area contributed by atoms with Crippen molar-refractivity contribution >= 4 is 15.9 Å². The van der Waals surface area contributed by atoms with Crippen molar-refractivity contribution in [2.75, 3.05) is 19.3 Å². The first-order chi connectivity index (χ1) is 8.38. The molecule has 1 saturated heterocycles. The first-order valence-corrected chi connectivity index (χ1v) is 8.26. The molecule has 1 amide bonds. The molecule has 0 aliphatic carbocycles. The first kappa shape index (κ1) is 15.4. The summed E-state index contributed by atoms with van der Waals surface area (Å²) in [5.41, 5.74) is 0. The van der Waals surface area contributed by atoms with Crippen molar-refractivity contribution in [1.82, 2.24) is 15.4 Å². The van der Waals surface area contributed by atoms with Crippen molar-refractivity contribution in [2.45, 2.75) is 44.7 Å². The van der Waals surface area contributed by atoms with Crippen LogP contribution in [0.15, 0.2) is 0 Å². The molecular formula is C11H23N3O3S. The monoisotopic (exact) mass is 277 g/mol. The standard InChI is InChI=1S/C11H23N3O3S/c1-9-5-3-6-10(14-9)11(15)12-7-4-8-13-18(2,16)17/h9-10,13-14H,3-8H2,1-2H3,(H,12,15). The fourth-order valence-corrected chi connectivity index (χ4v) is 2.54. The largest absolute Gasteiger partial charge is 0.355 e. The van der Waals surface area contributed by atoms with Crippen molar-refractivity contribution in [3.63, 3.8) is 0 Å². The van der Waals surface area contributed by atoms with Crippen molar-refractivity contribution in [3.05, 3.63) is 0 Å². The van der Waals surface area contributed by atoms with Crippen LogP contribution in [0.4, 0.5) is 0 Å². The number of rotatable bonds is 6. The summed E-state index contributed by atoms with van der Waals surface area (Å²) >= 11 is 0. The zero-order valence-electron chi connectivity index (χ0n) is 11.0. The second-order valence-corrected chi connectivity index (χ2v) is 6.70. The van der Waals surface area contributed by atoms with Crippen LogP contribution in [0.5, 0.6) is 0 Å². The predicted octanol–water partition coefficient (Wildman–Crippen LogP) is -0.427. The maximum Gasteiger partial charge on any atom is 0.237 e. The SMILES string of the molecule is CC1CCCC(C(=O)NCCCNS(C)(=O)=O)N1. The van der Waals surface area contributed by atoms with Crippen LogP contribution in [0.2, 0.25) is 0 Å². The van der Waals surface area contributed by atoms with Crippen LogP contribution < -0.4 is 15.4 Å². The second kappa shape index (κ2) is 7.06. The summed E-state index contributed by atoms with van der Waals surface area (Å²) in [6.45, 7) is 2.93. The van der Waals surface area contributed by atoms with Crippen LogP contribution in [-0.2, 0) is 14.8 Å². The highest BCUT2D eigenvalue weighted by molar-refractivity contribution is 7.88. The maximum atomic E-state index is 11.8. The van der Waals surface area contributed by atoms with Crippen LogP contribution in [0, 0.1) is 0 Å². The van der Waals surface area contributed by atoms with Gasteiger partial charge in [-0.05, 0) is 32.6 Å². The van der Waals surface area contributed by atoms with Gasteiger partial charge in [-0.1, -0.05) is 0 Å². The zero-order valence-corrected chi connectivity index (χ0v) is 11.8. The van der Waals surface area contributed by atoms with Crippen LogP contribution >= 0.6 is 0 Å². The first-order valence-electron chi connectivity index (χ1n) is 6.37. The Morgan fingerprint density at radius 1 is 1.33 bits per heavy atom. The summed E-state index contributed by atoms with van der Waals surface area (Å²) in [5.74, 6) is 0.0147. The summed E-state index contributed by atoms with van der Waals surface area (Å²) in [5, 5.41) is 6.08. The molecule has 1 fully saturated rings. The molecule has 0 aromatic carbocycles. The zero-order chi connectivity index (χ0) is 13.6. The lowest BCUT2D eigenvalue weighted by Gasteiger charge is -2.27. The van der Waals surface area contributed by atoms with E-state index >= 15 is 0 Å². The smallest absolute Gasteiger partial charge is 0.237 e. The Labute approximate surface area is 109 Å². The molecule has 1 heterocycles. The van der Waals surface area contributed by atoms with E-state index in [9.17, 15) is 13.2 Å². The number of sulfonamides is 1. The Hall–Kier alpha value is -0.660. The van der Waals surface area contributed by atoms with Gasteiger partial charge in [-0.3, -0.25) is 4.79 Å². The van der Waals surface area contributed by atoms with Gasteiger partial charge in [0.2, 0.25) is 15.9 Å². The minimum atomic E-state index is -3.13. The van der Waals surface area contributed by atoms with E-state index in [1.807, 2.05) is 0 Å². The lowest BCUT2D eigenvalue weighted by atomic mass is 9.99. The number of hydrogen-bond acceptors (Lipinski definition) is 4. The molecule has 0 spiro atoms. The summed E-state index contributed by atoms with van der Waals surface area (Å²) in [6, 6.07) is 0.290. The number of nitrogens with one attached hydrogen (secondary N) is 3. The third-order valence-electron chi connectivity index (χ3n) is 2.95. The minimum Gasteiger partial charge on any atom is -0.355 e. The fraction of sp³-hybridized carbons (Fsp3) is 0.909. The van der Waals surface area contributed by atoms with E-state index in [0.29, 0.717) is 25.6 Å². The van der Waals surface area contributed by atoms with Gasteiger partial charge in [0.1, 0.15) is 0 Å². The quantitative estimate of drug-likeness (QED) is 0.575. The molecule has 0 bridgehead atoms. The van der Waals surface area contributed by atoms with Crippen LogP contribution in [0.25, 0.3) is 0 Å². The summed E-state index contributed by atoms with van der Waals surface area (Å²) in [6.07, 6.45) is 4.78. The van der Waals surface area contributed by atoms with Gasteiger partial charge in [0, 0.05) is 19.1 Å². The number of piperidine rings is 1. The van der Waals surface area contributed by atoms with Crippen LogP contribution in [-0.4, -0.2) is 45.8 Å². The third-order valence-corrected chi connectivity index (χ3v) is 3.68. The normalized spacial score (nSPS) is 24.8. The van der Waals surface area contributed by atoms with Crippen LogP contribution in [0.1, 0.15) is 32.6 Å². The molecule has 1 rings (SSSR count). The summed E-state index contributed by atoms with van der Waals surface area (Å²) in [7, 11) is -3.13. The molecule has 0 aromatic heterocycles. The van der Waals surface area contributed by atoms with Gasteiger partial charge < -0.3 is 10.6 Å². The van der Waals surface area contributed by atoms with Gasteiger partial charge in [0.05, 0.1) is 12.3 Å². The molecule has 1 aliphatic heterocycles. The molecule has 2 atom stereocenters. The van der Waals surface area contributed by atoms with Gasteiger partial charge in [-0.15, -0.1) is 0 Å². The fourth-order valence-electron chi connectivity index (χ4n) is 2.03. The van der Waals surface area contributed by atoms with E-state index in [-0.39, 0.29) is 11.9 Å². The molecule has 18 heavy (non-hydrogen) atoms. The van der Waals surface area contributed by atoms with Crippen molar-refractivity contribution in [3.8, 4) is 0 Å². The molecule has 2 unspecified atom stereocenters. The molecular weight excluding hydrogens is 254 g/mol. The highest BCUT2D eigenvalue weighted by Crippen LogP contribution is 2.12. The average molecular weight is 277 g/mol. The van der Waals surface area contributed by atoms with E-state index in [4.69, 9.17) is 0 Å². The molecule has 6 nitrogen and oxygen atoms in total. The molecule has 7 heteroatoms. The number of amides is 1. The van der Waals surface area contributed by atoms with Gasteiger partial charge in [0.15, 0.2) is 0 Å². The number of hydrogen-bond donors (Lipinski definition) is 3. The van der Waals surface area contributed by atoms with E-state index in [0.717, 1.165) is 25.5 Å². The highest BCUT2D eigenvalue weighted by Gasteiger charge is 2.23.